The average Bonchev–Trinajstić information content (AvgIpc) is 3.24. The lowest BCUT2D eigenvalue weighted by Crippen LogP contribution is -2.49. The van der Waals surface area contributed by atoms with Crippen LogP contribution in [0.2, 0.25) is 0 Å². The molecule has 1 aliphatic heterocycles. The van der Waals surface area contributed by atoms with Gasteiger partial charge in [0.2, 0.25) is 5.91 Å². The van der Waals surface area contributed by atoms with Crippen LogP contribution in [0.5, 0.6) is 0 Å². The Morgan fingerprint density at radius 3 is 2.48 bits per heavy atom. The van der Waals surface area contributed by atoms with E-state index in [1.54, 1.807) is 6.92 Å². The Morgan fingerprint density at radius 2 is 2.00 bits per heavy atom. The molecule has 1 aliphatic carbocycles. The summed E-state index contributed by atoms with van der Waals surface area (Å²) in [4.78, 5) is 48.4. The zero-order valence-electron chi connectivity index (χ0n) is 13.6. The predicted molar refractivity (Wildman–Crippen MR) is 80.4 cm³/mol. The summed E-state index contributed by atoms with van der Waals surface area (Å²) in [7, 11) is 0. The Morgan fingerprint density at radius 1 is 1.39 bits per heavy atom. The van der Waals surface area contributed by atoms with Crippen molar-refractivity contribution in [2.24, 2.45) is 11.8 Å². The molecule has 128 valence electrons. The molecule has 0 spiro atoms. The summed E-state index contributed by atoms with van der Waals surface area (Å²) in [6.45, 7) is 4.90. The van der Waals surface area contributed by atoms with Crippen molar-refractivity contribution in [1.82, 2.24) is 15.5 Å². The van der Waals surface area contributed by atoms with Gasteiger partial charge in [-0.1, -0.05) is 13.8 Å². The van der Waals surface area contributed by atoms with E-state index in [-0.39, 0.29) is 18.3 Å². The summed E-state index contributed by atoms with van der Waals surface area (Å²) in [5.41, 5.74) is -0.943. The minimum atomic E-state index is -1.13. The van der Waals surface area contributed by atoms with E-state index >= 15 is 0 Å². The van der Waals surface area contributed by atoms with Gasteiger partial charge in [-0.2, -0.15) is 0 Å². The third kappa shape index (κ3) is 3.62. The van der Waals surface area contributed by atoms with E-state index in [9.17, 15) is 19.2 Å². The van der Waals surface area contributed by atoms with Crippen molar-refractivity contribution in [1.29, 1.82) is 0 Å². The Labute approximate surface area is 134 Å². The first-order valence-electron chi connectivity index (χ1n) is 7.81. The number of hydrogen-bond donors (Lipinski definition) is 3. The number of carbonyl (C=O) groups excluding carboxylic acids is 3. The molecule has 3 N–H and O–H groups in total. The van der Waals surface area contributed by atoms with Crippen molar-refractivity contribution >= 4 is 23.8 Å². The minimum Gasteiger partial charge on any atom is -0.480 e. The van der Waals surface area contributed by atoms with Gasteiger partial charge < -0.3 is 15.7 Å². The zero-order chi connectivity index (χ0) is 17.4. The first kappa shape index (κ1) is 17.2. The van der Waals surface area contributed by atoms with Gasteiger partial charge in [0.25, 0.3) is 5.91 Å². The molecule has 0 aromatic heterocycles. The van der Waals surface area contributed by atoms with E-state index in [2.05, 4.69) is 10.6 Å². The maximum absolute atomic E-state index is 12.4. The van der Waals surface area contributed by atoms with Gasteiger partial charge in [-0.3, -0.25) is 14.5 Å². The van der Waals surface area contributed by atoms with E-state index in [4.69, 9.17) is 5.11 Å². The molecule has 0 radical (unpaired) electrons. The first-order chi connectivity index (χ1) is 10.6. The quantitative estimate of drug-likeness (QED) is 0.583. The number of carbonyl (C=O) groups is 4. The van der Waals surface area contributed by atoms with Gasteiger partial charge in [0.15, 0.2) is 0 Å². The number of hydrogen-bond acceptors (Lipinski definition) is 4. The third-order valence-corrected chi connectivity index (χ3v) is 4.34. The van der Waals surface area contributed by atoms with Crippen molar-refractivity contribution in [3.05, 3.63) is 0 Å². The Bertz CT molecular complexity index is 543. The summed E-state index contributed by atoms with van der Waals surface area (Å²) in [6, 6.07) is -1.63. The molecule has 2 aliphatic rings. The predicted octanol–water partition coefficient (Wildman–Crippen LogP) is 0.322. The summed E-state index contributed by atoms with van der Waals surface area (Å²) < 4.78 is 0. The fourth-order valence-corrected chi connectivity index (χ4v) is 2.87. The van der Waals surface area contributed by atoms with E-state index < -0.39 is 41.9 Å². The van der Waals surface area contributed by atoms with Crippen LogP contribution in [0.3, 0.4) is 0 Å². The van der Waals surface area contributed by atoms with Gasteiger partial charge in [-0.25, -0.2) is 9.59 Å². The van der Waals surface area contributed by atoms with Gasteiger partial charge in [0, 0.05) is 0 Å². The van der Waals surface area contributed by atoms with Crippen molar-refractivity contribution in [3.63, 3.8) is 0 Å². The van der Waals surface area contributed by atoms with E-state index in [1.165, 1.54) is 0 Å². The molecule has 23 heavy (non-hydrogen) atoms. The summed E-state index contributed by atoms with van der Waals surface area (Å²) in [5.74, 6) is -2.00. The molecular formula is C15H23N3O5. The molecule has 2 fully saturated rings. The lowest BCUT2D eigenvalue weighted by Gasteiger charge is -2.21. The topological polar surface area (TPSA) is 116 Å². The van der Waals surface area contributed by atoms with E-state index in [0.29, 0.717) is 0 Å². The van der Waals surface area contributed by atoms with Crippen LogP contribution in [0, 0.1) is 11.8 Å². The maximum atomic E-state index is 12.4. The van der Waals surface area contributed by atoms with Crippen LogP contribution in [-0.2, 0) is 14.4 Å². The highest BCUT2D eigenvalue weighted by atomic mass is 16.4. The van der Waals surface area contributed by atoms with Crippen LogP contribution >= 0.6 is 0 Å². The molecule has 8 nitrogen and oxygen atoms in total. The molecule has 1 saturated carbocycles. The minimum absolute atomic E-state index is 0.0891. The fraction of sp³-hybridized carbons (Fsp3) is 0.733. The van der Waals surface area contributed by atoms with Gasteiger partial charge in [-0.05, 0) is 38.0 Å². The molecule has 2 rings (SSSR count). The van der Waals surface area contributed by atoms with Crippen LogP contribution in [0.25, 0.3) is 0 Å². The summed E-state index contributed by atoms with van der Waals surface area (Å²) in [5, 5.41) is 14.1. The molecule has 4 amide bonds. The second kappa shape index (κ2) is 6.17. The number of carboxylic acid groups (broad SMARTS) is 1. The monoisotopic (exact) mass is 325 g/mol. The molecule has 1 saturated heterocycles. The molecule has 8 heteroatoms. The highest BCUT2D eigenvalue weighted by molar-refractivity contribution is 6.09. The van der Waals surface area contributed by atoms with Gasteiger partial charge in [-0.15, -0.1) is 0 Å². The number of aliphatic carboxylic acids is 1. The van der Waals surface area contributed by atoms with Crippen LogP contribution in [-0.4, -0.2) is 51.9 Å². The number of urea groups is 1. The van der Waals surface area contributed by atoms with Crippen LogP contribution < -0.4 is 10.6 Å². The molecule has 0 aromatic carbocycles. The smallest absolute Gasteiger partial charge is 0.326 e. The molecule has 2 atom stereocenters. The van der Waals surface area contributed by atoms with Crippen molar-refractivity contribution in [2.75, 3.05) is 6.54 Å². The number of imide groups is 1. The summed E-state index contributed by atoms with van der Waals surface area (Å²) >= 11 is 0. The van der Waals surface area contributed by atoms with Gasteiger partial charge >= 0.3 is 12.0 Å². The lowest BCUT2D eigenvalue weighted by molar-refractivity contribution is -0.142. The highest BCUT2D eigenvalue weighted by Crippen LogP contribution is 2.42. The standard InChI is InChI=1S/C15H23N3O5/c1-8(2)6-10(12(20)21)16-11(19)7-18-13(22)15(3,9-4-5-9)17-14(18)23/h8-10H,4-7H2,1-3H3,(H,16,19)(H,17,23)(H,20,21)/t10-,15?/m0/s1. The molecule has 1 unspecified atom stereocenters. The van der Waals surface area contributed by atoms with Gasteiger partial charge in [0.1, 0.15) is 18.1 Å². The number of amides is 4. The fourth-order valence-electron chi connectivity index (χ4n) is 2.87. The van der Waals surface area contributed by atoms with Crippen LogP contribution in [0.4, 0.5) is 4.79 Å². The summed E-state index contributed by atoms with van der Waals surface area (Å²) in [6.07, 6.45) is 2.02. The first-order valence-corrected chi connectivity index (χ1v) is 7.81. The van der Waals surface area contributed by atoms with Crippen LogP contribution in [0.15, 0.2) is 0 Å². The Kier molecular flexibility index (Phi) is 4.63. The average molecular weight is 325 g/mol. The van der Waals surface area contributed by atoms with E-state index in [0.717, 1.165) is 17.7 Å². The van der Waals surface area contributed by atoms with Crippen molar-refractivity contribution in [3.8, 4) is 0 Å². The molecule has 1 heterocycles. The highest BCUT2D eigenvalue weighted by Gasteiger charge is 2.56. The number of nitrogens with one attached hydrogen (secondary N) is 2. The lowest BCUT2D eigenvalue weighted by atomic mass is 9.96. The van der Waals surface area contributed by atoms with Crippen molar-refractivity contribution in [2.45, 2.75) is 51.6 Å². The Balaban J connectivity index is 1.98. The normalized spacial score (nSPS) is 25.5. The number of carboxylic acids is 1. The van der Waals surface area contributed by atoms with E-state index in [1.807, 2.05) is 13.8 Å². The second-order valence-electron chi connectivity index (χ2n) is 6.89. The van der Waals surface area contributed by atoms with Crippen LogP contribution in [0.1, 0.15) is 40.0 Å². The molecule has 0 bridgehead atoms. The zero-order valence-corrected chi connectivity index (χ0v) is 13.6. The molecule has 0 aromatic rings. The largest absolute Gasteiger partial charge is 0.480 e. The number of nitrogens with zero attached hydrogens (tertiary/aromatic N) is 1. The second-order valence-corrected chi connectivity index (χ2v) is 6.89. The third-order valence-electron chi connectivity index (χ3n) is 4.34. The SMILES string of the molecule is CC(C)C[C@H](NC(=O)CN1C(=O)NC(C)(C2CC2)C1=O)C(=O)O. The molecular weight excluding hydrogens is 302 g/mol. The Hall–Kier alpha value is -2.12. The maximum Gasteiger partial charge on any atom is 0.326 e. The number of rotatable bonds is 7. The van der Waals surface area contributed by atoms with Gasteiger partial charge in [0.05, 0.1) is 0 Å². The van der Waals surface area contributed by atoms with Crippen molar-refractivity contribution < 1.29 is 24.3 Å².